The molecule has 2 rings (SSSR count). The first kappa shape index (κ1) is 12.7. The Labute approximate surface area is 107 Å². The quantitative estimate of drug-likeness (QED) is 0.842. The molecule has 0 aliphatic rings. The van der Waals surface area contributed by atoms with E-state index in [2.05, 4.69) is 34.3 Å². The Hall–Kier alpha value is -1.75. The van der Waals surface area contributed by atoms with Crippen LogP contribution in [0.5, 0.6) is 0 Å². The first-order valence-electron chi connectivity index (χ1n) is 6.16. The highest BCUT2D eigenvalue weighted by Gasteiger charge is 2.07. The van der Waals surface area contributed by atoms with Crippen LogP contribution in [0.1, 0.15) is 31.3 Å². The van der Waals surface area contributed by atoms with Gasteiger partial charge in [-0.3, -0.25) is 4.98 Å². The van der Waals surface area contributed by atoms with Crippen LogP contribution in [0.15, 0.2) is 28.9 Å². The Kier molecular flexibility index (Phi) is 4.41. The second-order valence-electron chi connectivity index (χ2n) is 4.63. The van der Waals surface area contributed by atoms with Crippen LogP contribution in [-0.4, -0.2) is 21.7 Å². The van der Waals surface area contributed by atoms with Crippen LogP contribution >= 0.6 is 0 Å². The summed E-state index contributed by atoms with van der Waals surface area (Å²) >= 11 is 0. The van der Waals surface area contributed by atoms with Crippen molar-refractivity contribution in [2.45, 2.75) is 26.8 Å². The Morgan fingerprint density at radius 1 is 1.33 bits per heavy atom. The van der Waals surface area contributed by atoms with Gasteiger partial charge in [-0.05, 0) is 24.6 Å². The maximum absolute atomic E-state index is 5.17. The van der Waals surface area contributed by atoms with Crippen molar-refractivity contribution in [2.24, 2.45) is 5.92 Å². The summed E-state index contributed by atoms with van der Waals surface area (Å²) in [5.74, 6) is 1.91. The van der Waals surface area contributed by atoms with Gasteiger partial charge in [0, 0.05) is 11.9 Å². The van der Waals surface area contributed by atoms with Crippen LogP contribution in [0.2, 0.25) is 0 Å². The molecule has 2 aromatic rings. The molecule has 1 N–H and O–H groups in total. The lowest BCUT2D eigenvalue weighted by Crippen LogP contribution is -2.19. The van der Waals surface area contributed by atoms with E-state index in [4.69, 9.17) is 4.52 Å². The van der Waals surface area contributed by atoms with E-state index in [1.54, 1.807) is 6.20 Å². The minimum Gasteiger partial charge on any atom is -0.338 e. The summed E-state index contributed by atoms with van der Waals surface area (Å²) in [6.07, 6.45) is 2.37. The number of nitrogens with one attached hydrogen (secondary N) is 1. The van der Waals surface area contributed by atoms with Crippen molar-refractivity contribution in [1.82, 2.24) is 20.4 Å². The summed E-state index contributed by atoms with van der Waals surface area (Å²) in [4.78, 5) is 8.55. The zero-order valence-electron chi connectivity index (χ0n) is 10.8. The fourth-order valence-electron chi connectivity index (χ4n) is 1.57. The average Bonchev–Trinajstić information content (AvgIpc) is 2.78. The highest BCUT2D eigenvalue weighted by Crippen LogP contribution is 2.04. The van der Waals surface area contributed by atoms with Gasteiger partial charge in [0.1, 0.15) is 0 Å². The predicted molar refractivity (Wildman–Crippen MR) is 67.9 cm³/mol. The standard InChI is InChI=1S/C13H18N4O/c1-10(2)8-14-9-13-16-12(17-18-13)7-11-5-3-4-6-15-11/h3-6,10,14H,7-9H2,1-2H3. The maximum atomic E-state index is 5.17. The Morgan fingerprint density at radius 3 is 2.94 bits per heavy atom. The van der Waals surface area contributed by atoms with E-state index in [1.807, 2.05) is 18.2 Å². The minimum absolute atomic E-state index is 0.606. The zero-order chi connectivity index (χ0) is 12.8. The molecule has 5 nitrogen and oxygen atoms in total. The third-order valence-corrected chi connectivity index (χ3v) is 2.40. The molecule has 96 valence electrons. The molecule has 0 radical (unpaired) electrons. The first-order valence-corrected chi connectivity index (χ1v) is 6.16. The highest BCUT2D eigenvalue weighted by atomic mass is 16.5. The van der Waals surface area contributed by atoms with E-state index in [9.17, 15) is 0 Å². The van der Waals surface area contributed by atoms with Gasteiger partial charge in [-0.1, -0.05) is 25.1 Å². The number of hydrogen-bond donors (Lipinski definition) is 1. The number of pyridine rings is 1. The lowest BCUT2D eigenvalue weighted by atomic mass is 10.2. The Balaban J connectivity index is 1.86. The predicted octanol–water partition coefficient (Wildman–Crippen LogP) is 1.80. The van der Waals surface area contributed by atoms with Crippen LogP contribution in [0.3, 0.4) is 0 Å². The zero-order valence-corrected chi connectivity index (χ0v) is 10.8. The molecule has 5 heteroatoms. The summed E-state index contributed by atoms with van der Waals surface area (Å²) < 4.78 is 5.17. The summed E-state index contributed by atoms with van der Waals surface area (Å²) in [5, 5.41) is 7.21. The van der Waals surface area contributed by atoms with Crippen molar-refractivity contribution in [3.8, 4) is 0 Å². The normalized spacial score (nSPS) is 11.1. The molecule has 0 fully saturated rings. The largest absolute Gasteiger partial charge is 0.338 e. The summed E-state index contributed by atoms with van der Waals surface area (Å²) in [6, 6.07) is 5.79. The SMILES string of the molecule is CC(C)CNCc1nc(Cc2ccccn2)no1. The molecule has 0 saturated heterocycles. The molecular weight excluding hydrogens is 228 g/mol. The van der Waals surface area contributed by atoms with E-state index in [0.717, 1.165) is 12.2 Å². The van der Waals surface area contributed by atoms with Crippen LogP contribution in [-0.2, 0) is 13.0 Å². The second kappa shape index (κ2) is 6.26. The molecular formula is C13H18N4O. The molecule has 18 heavy (non-hydrogen) atoms. The minimum atomic E-state index is 0.606. The van der Waals surface area contributed by atoms with Gasteiger partial charge >= 0.3 is 0 Å². The van der Waals surface area contributed by atoms with Crippen molar-refractivity contribution in [3.63, 3.8) is 0 Å². The van der Waals surface area contributed by atoms with E-state index in [0.29, 0.717) is 30.6 Å². The van der Waals surface area contributed by atoms with Crippen LogP contribution in [0.4, 0.5) is 0 Å². The molecule has 0 saturated carbocycles. The summed E-state index contributed by atoms with van der Waals surface area (Å²) in [6.45, 7) is 5.88. The van der Waals surface area contributed by atoms with E-state index in [1.165, 1.54) is 0 Å². The maximum Gasteiger partial charge on any atom is 0.240 e. The van der Waals surface area contributed by atoms with Gasteiger partial charge in [-0.2, -0.15) is 4.98 Å². The van der Waals surface area contributed by atoms with Gasteiger partial charge in [0.2, 0.25) is 5.89 Å². The third-order valence-electron chi connectivity index (χ3n) is 2.40. The lowest BCUT2D eigenvalue weighted by molar-refractivity contribution is 0.360. The second-order valence-corrected chi connectivity index (χ2v) is 4.63. The average molecular weight is 246 g/mol. The third kappa shape index (κ3) is 3.92. The molecule has 2 aromatic heterocycles. The fraction of sp³-hybridized carbons (Fsp3) is 0.462. The van der Waals surface area contributed by atoms with E-state index >= 15 is 0 Å². The summed E-state index contributed by atoms with van der Waals surface area (Å²) in [7, 11) is 0. The highest BCUT2D eigenvalue weighted by molar-refractivity contribution is 5.09. The number of rotatable bonds is 6. The Bertz CT molecular complexity index is 467. The van der Waals surface area contributed by atoms with Crippen molar-refractivity contribution in [3.05, 3.63) is 41.8 Å². The van der Waals surface area contributed by atoms with Gasteiger partial charge in [0.05, 0.1) is 13.0 Å². The molecule has 0 bridgehead atoms. The van der Waals surface area contributed by atoms with Gasteiger partial charge in [0.25, 0.3) is 0 Å². The topological polar surface area (TPSA) is 63.8 Å². The molecule has 0 aliphatic carbocycles. The smallest absolute Gasteiger partial charge is 0.240 e. The molecule has 0 spiro atoms. The van der Waals surface area contributed by atoms with Crippen molar-refractivity contribution in [2.75, 3.05) is 6.54 Å². The molecule has 0 aliphatic heterocycles. The monoisotopic (exact) mass is 246 g/mol. The van der Waals surface area contributed by atoms with Crippen LogP contribution < -0.4 is 5.32 Å². The van der Waals surface area contributed by atoms with E-state index < -0.39 is 0 Å². The van der Waals surface area contributed by atoms with Crippen LogP contribution in [0, 0.1) is 5.92 Å². The van der Waals surface area contributed by atoms with Gasteiger partial charge in [-0.25, -0.2) is 0 Å². The number of nitrogens with zero attached hydrogens (tertiary/aromatic N) is 3. The molecule has 0 amide bonds. The van der Waals surface area contributed by atoms with Gasteiger partial charge < -0.3 is 9.84 Å². The van der Waals surface area contributed by atoms with E-state index in [-0.39, 0.29) is 0 Å². The van der Waals surface area contributed by atoms with Crippen molar-refractivity contribution < 1.29 is 4.52 Å². The van der Waals surface area contributed by atoms with Gasteiger partial charge in [-0.15, -0.1) is 0 Å². The molecule has 0 atom stereocenters. The number of aromatic nitrogens is 3. The van der Waals surface area contributed by atoms with Crippen LogP contribution in [0.25, 0.3) is 0 Å². The molecule has 0 aromatic carbocycles. The lowest BCUT2D eigenvalue weighted by Gasteiger charge is -2.03. The fourth-order valence-corrected chi connectivity index (χ4v) is 1.57. The van der Waals surface area contributed by atoms with Crippen molar-refractivity contribution in [1.29, 1.82) is 0 Å². The molecule has 0 unspecified atom stereocenters. The number of hydrogen-bond acceptors (Lipinski definition) is 5. The van der Waals surface area contributed by atoms with Crippen molar-refractivity contribution >= 4 is 0 Å². The van der Waals surface area contributed by atoms with Gasteiger partial charge in [0.15, 0.2) is 5.82 Å². The first-order chi connectivity index (χ1) is 8.74. The summed E-state index contributed by atoms with van der Waals surface area (Å²) in [5.41, 5.74) is 0.944. The molecule has 2 heterocycles. The Morgan fingerprint density at radius 2 is 2.22 bits per heavy atom.